The van der Waals surface area contributed by atoms with Crippen molar-refractivity contribution in [2.45, 2.75) is 16.3 Å². The molecule has 200 valence electrons. The minimum atomic E-state index is -0.436. The molecule has 1 N–H and O–H groups in total. The molecule has 0 aliphatic carbocycles. The van der Waals surface area contributed by atoms with Gasteiger partial charge in [0.05, 0.1) is 32.6 Å². The molecule has 2 heterocycles. The van der Waals surface area contributed by atoms with Crippen molar-refractivity contribution >= 4 is 62.3 Å². The maximum absolute atomic E-state index is 12.9. The maximum atomic E-state index is 12.9. The normalized spacial score (nSPS) is 11.4. The van der Waals surface area contributed by atoms with Gasteiger partial charge < -0.3 is 4.57 Å². The minimum Gasteiger partial charge on any atom is -0.331 e. The van der Waals surface area contributed by atoms with Gasteiger partial charge in [0, 0.05) is 38.9 Å². The Morgan fingerprint density at radius 1 is 0.902 bits per heavy atom. The number of para-hydroxylation sites is 2. The Bertz CT molecular complexity index is 2010. The predicted octanol–water partition coefficient (Wildman–Crippen LogP) is 5.91. The van der Waals surface area contributed by atoms with Crippen LogP contribution in [0.2, 0.25) is 0 Å². The van der Waals surface area contributed by atoms with E-state index in [1.807, 2.05) is 42.5 Å². The lowest BCUT2D eigenvalue weighted by Crippen LogP contribution is -2.25. The summed E-state index contributed by atoms with van der Waals surface area (Å²) in [5.41, 5.74) is 4.88. The quantitative estimate of drug-likeness (QED) is 0.112. The van der Waals surface area contributed by atoms with Gasteiger partial charge in [-0.25, -0.2) is 5.43 Å². The summed E-state index contributed by atoms with van der Waals surface area (Å²) in [6.45, 7) is -0.0751. The summed E-state index contributed by atoms with van der Waals surface area (Å²) < 4.78 is 1.77. The number of fused-ring (bicyclic) bond motifs is 3. The van der Waals surface area contributed by atoms with Crippen LogP contribution in [0.15, 0.2) is 123 Å². The summed E-state index contributed by atoms with van der Waals surface area (Å²) >= 11 is 1.29. The third-order valence-electron chi connectivity index (χ3n) is 6.59. The van der Waals surface area contributed by atoms with Crippen LogP contribution >= 0.6 is 11.8 Å². The van der Waals surface area contributed by atoms with E-state index in [1.54, 1.807) is 59.3 Å². The third-order valence-corrected chi connectivity index (χ3v) is 7.73. The lowest BCUT2D eigenvalue weighted by atomic mass is 10.1. The molecule has 1 amide bonds. The van der Waals surface area contributed by atoms with E-state index in [0.29, 0.717) is 32.3 Å². The Morgan fingerprint density at radius 2 is 1.61 bits per heavy atom. The summed E-state index contributed by atoms with van der Waals surface area (Å²) in [5, 5.41) is 17.9. The number of benzene rings is 4. The second-order valence-electron chi connectivity index (χ2n) is 9.16. The number of amides is 1. The Hall–Kier alpha value is -5.35. The molecule has 2 aromatic heterocycles. The van der Waals surface area contributed by atoms with Crippen LogP contribution in [-0.4, -0.2) is 26.6 Å². The number of pyridine rings is 2. The van der Waals surface area contributed by atoms with Gasteiger partial charge in [-0.15, -0.1) is 0 Å². The monoisotopic (exact) mass is 559 g/mol. The van der Waals surface area contributed by atoms with Gasteiger partial charge in [0.15, 0.2) is 5.43 Å². The van der Waals surface area contributed by atoms with E-state index in [9.17, 15) is 19.7 Å². The molecule has 0 aliphatic rings. The van der Waals surface area contributed by atoms with Crippen LogP contribution in [0.4, 0.5) is 5.69 Å². The van der Waals surface area contributed by atoms with Gasteiger partial charge >= 0.3 is 0 Å². The second kappa shape index (κ2) is 11.0. The number of carbonyl (C=O) groups excluding carboxylic acids is 1. The van der Waals surface area contributed by atoms with Crippen LogP contribution in [0.1, 0.15) is 5.56 Å². The van der Waals surface area contributed by atoms with E-state index in [1.165, 1.54) is 24.0 Å². The molecule has 6 aromatic rings. The number of nitro benzene ring substituents is 1. The molecule has 0 saturated heterocycles. The molecule has 0 bridgehead atoms. The third kappa shape index (κ3) is 5.15. The van der Waals surface area contributed by atoms with Crippen molar-refractivity contribution in [2.24, 2.45) is 5.10 Å². The summed E-state index contributed by atoms with van der Waals surface area (Å²) in [5.74, 6) is -0.411. The van der Waals surface area contributed by atoms with Crippen molar-refractivity contribution in [3.8, 4) is 0 Å². The lowest BCUT2D eigenvalue weighted by molar-refractivity contribution is -0.387. The number of carbonyl (C=O) groups is 1. The van der Waals surface area contributed by atoms with Crippen molar-refractivity contribution < 1.29 is 9.72 Å². The highest BCUT2D eigenvalue weighted by molar-refractivity contribution is 7.99. The number of nitrogens with zero attached hydrogens (tertiary/aromatic N) is 4. The van der Waals surface area contributed by atoms with E-state index in [2.05, 4.69) is 15.5 Å². The molecule has 6 rings (SSSR count). The molecular weight excluding hydrogens is 538 g/mol. The standard InChI is InChI=1S/C31H21N5O4S/c37-30(19-35-25-11-3-1-7-22(25)31(38)23-8-2-4-12-26(23)35)34-33-18-20-14-15-29(27(17-20)36(39)40)41-28-13-5-10-24-21(28)9-6-16-32-24/h1-18H,19H2,(H,34,37)/b33-18-. The zero-order valence-corrected chi connectivity index (χ0v) is 22.2. The number of nitrogens with one attached hydrogen (secondary N) is 1. The molecule has 0 unspecified atom stereocenters. The lowest BCUT2D eigenvalue weighted by Gasteiger charge is -2.14. The average Bonchev–Trinajstić information content (AvgIpc) is 3.00. The van der Waals surface area contributed by atoms with Crippen LogP contribution in [0, 0.1) is 10.1 Å². The van der Waals surface area contributed by atoms with E-state index in [0.717, 1.165) is 15.8 Å². The molecule has 0 fully saturated rings. The Labute approximate surface area is 237 Å². The van der Waals surface area contributed by atoms with Crippen molar-refractivity contribution in [3.63, 3.8) is 0 Å². The molecule has 10 heteroatoms. The number of hydrogen-bond donors (Lipinski definition) is 1. The predicted molar refractivity (Wildman–Crippen MR) is 160 cm³/mol. The number of hydrogen-bond acceptors (Lipinski definition) is 7. The van der Waals surface area contributed by atoms with E-state index >= 15 is 0 Å². The number of hydrazone groups is 1. The number of aromatic nitrogens is 2. The molecule has 0 atom stereocenters. The van der Waals surface area contributed by atoms with Gasteiger partial charge in [0.25, 0.3) is 11.6 Å². The molecular formula is C31H21N5O4S. The van der Waals surface area contributed by atoms with Crippen LogP contribution in [-0.2, 0) is 11.3 Å². The first-order chi connectivity index (χ1) is 20.0. The highest BCUT2D eigenvalue weighted by atomic mass is 32.2. The largest absolute Gasteiger partial charge is 0.331 e. The van der Waals surface area contributed by atoms with E-state index in [-0.39, 0.29) is 17.7 Å². The van der Waals surface area contributed by atoms with Crippen LogP contribution in [0.25, 0.3) is 32.7 Å². The van der Waals surface area contributed by atoms with Gasteiger partial charge in [0.1, 0.15) is 6.54 Å². The second-order valence-corrected chi connectivity index (χ2v) is 10.2. The van der Waals surface area contributed by atoms with Crippen molar-refractivity contribution in [3.05, 3.63) is 129 Å². The summed E-state index contributed by atoms with van der Waals surface area (Å²) in [7, 11) is 0. The topological polar surface area (TPSA) is 119 Å². The average molecular weight is 560 g/mol. The first-order valence-electron chi connectivity index (χ1n) is 12.6. The van der Waals surface area contributed by atoms with Gasteiger partial charge in [-0.3, -0.25) is 24.7 Å². The molecule has 0 radical (unpaired) electrons. The van der Waals surface area contributed by atoms with Crippen LogP contribution < -0.4 is 10.9 Å². The Morgan fingerprint density at radius 3 is 2.34 bits per heavy atom. The van der Waals surface area contributed by atoms with Crippen molar-refractivity contribution in [1.29, 1.82) is 0 Å². The molecule has 9 nitrogen and oxygen atoms in total. The molecule has 0 aliphatic heterocycles. The number of nitro groups is 1. The zero-order chi connectivity index (χ0) is 28.3. The van der Waals surface area contributed by atoms with Gasteiger partial charge in [-0.05, 0) is 48.5 Å². The summed E-state index contributed by atoms with van der Waals surface area (Å²) in [6.07, 6.45) is 3.07. The summed E-state index contributed by atoms with van der Waals surface area (Å²) in [4.78, 5) is 42.9. The van der Waals surface area contributed by atoms with E-state index < -0.39 is 10.8 Å². The molecule has 41 heavy (non-hydrogen) atoms. The fraction of sp³-hybridized carbons (Fsp3) is 0.0323. The zero-order valence-electron chi connectivity index (χ0n) is 21.4. The highest BCUT2D eigenvalue weighted by Gasteiger charge is 2.17. The number of rotatable bonds is 7. The van der Waals surface area contributed by atoms with Gasteiger partial charge in [-0.2, -0.15) is 5.10 Å². The smallest absolute Gasteiger partial charge is 0.283 e. The molecule has 0 saturated carbocycles. The Kier molecular flexibility index (Phi) is 6.97. The molecule has 0 spiro atoms. The van der Waals surface area contributed by atoms with Crippen LogP contribution in [0.5, 0.6) is 0 Å². The van der Waals surface area contributed by atoms with Gasteiger partial charge in [0.2, 0.25) is 0 Å². The van der Waals surface area contributed by atoms with Crippen LogP contribution in [0.3, 0.4) is 0 Å². The SMILES string of the molecule is O=C(Cn1c2ccccc2c(=O)c2ccccc21)N/N=C\c1ccc(Sc2cccc3ncccc23)c([N+](=O)[O-])c1. The Balaban J connectivity index is 1.22. The highest BCUT2D eigenvalue weighted by Crippen LogP contribution is 2.38. The van der Waals surface area contributed by atoms with Gasteiger partial charge in [-0.1, -0.05) is 54.2 Å². The maximum Gasteiger partial charge on any atom is 0.283 e. The first-order valence-corrected chi connectivity index (χ1v) is 13.4. The molecule has 4 aromatic carbocycles. The van der Waals surface area contributed by atoms with E-state index in [4.69, 9.17) is 0 Å². The van der Waals surface area contributed by atoms with Crippen molar-refractivity contribution in [1.82, 2.24) is 15.0 Å². The summed E-state index contributed by atoms with van der Waals surface area (Å²) in [6, 6.07) is 28.5. The van der Waals surface area contributed by atoms with Crippen molar-refractivity contribution in [2.75, 3.05) is 0 Å². The fourth-order valence-electron chi connectivity index (χ4n) is 4.73. The first kappa shape index (κ1) is 25.9. The fourth-order valence-corrected chi connectivity index (χ4v) is 5.77. The minimum absolute atomic E-state index is 0.0719.